The van der Waals surface area contributed by atoms with Crippen LogP contribution in [0.4, 0.5) is 5.82 Å². The number of halogens is 1. The van der Waals surface area contributed by atoms with E-state index >= 15 is 0 Å². The highest BCUT2D eigenvalue weighted by molar-refractivity contribution is 6.29. The quantitative estimate of drug-likeness (QED) is 0.781. The van der Waals surface area contributed by atoms with Crippen molar-refractivity contribution in [2.45, 2.75) is 19.8 Å². The van der Waals surface area contributed by atoms with Crippen LogP contribution >= 0.6 is 11.6 Å². The SMILES string of the molecule is CC1CCN(C(=O)c2cc(N)nc(Cl)c2)CC1. The summed E-state index contributed by atoms with van der Waals surface area (Å²) in [5, 5.41) is 0.263. The third-order valence-electron chi connectivity index (χ3n) is 3.13. The van der Waals surface area contributed by atoms with Crippen molar-refractivity contribution in [3.8, 4) is 0 Å². The number of anilines is 1. The third kappa shape index (κ3) is 2.88. The van der Waals surface area contributed by atoms with Gasteiger partial charge in [-0.15, -0.1) is 0 Å². The lowest BCUT2D eigenvalue weighted by Gasteiger charge is -2.30. The van der Waals surface area contributed by atoms with E-state index in [0.29, 0.717) is 11.5 Å². The van der Waals surface area contributed by atoms with Crippen molar-refractivity contribution in [1.82, 2.24) is 9.88 Å². The van der Waals surface area contributed by atoms with Gasteiger partial charge in [0.25, 0.3) is 5.91 Å². The van der Waals surface area contributed by atoms with E-state index in [9.17, 15) is 4.79 Å². The van der Waals surface area contributed by atoms with Gasteiger partial charge in [-0.1, -0.05) is 18.5 Å². The summed E-state index contributed by atoms with van der Waals surface area (Å²) in [4.78, 5) is 17.9. The van der Waals surface area contributed by atoms with Crippen molar-refractivity contribution in [3.05, 3.63) is 22.8 Å². The van der Waals surface area contributed by atoms with Crippen LogP contribution in [0.3, 0.4) is 0 Å². The van der Waals surface area contributed by atoms with E-state index in [2.05, 4.69) is 11.9 Å². The van der Waals surface area contributed by atoms with Crippen molar-refractivity contribution in [2.75, 3.05) is 18.8 Å². The van der Waals surface area contributed by atoms with Crippen molar-refractivity contribution in [1.29, 1.82) is 0 Å². The third-order valence-corrected chi connectivity index (χ3v) is 3.33. The monoisotopic (exact) mass is 253 g/mol. The number of aromatic nitrogens is 1. The molecular weight excluding hydrogens is 238 g/mol. The number of nitrogen functional groups attached to an aromatic ring is 1. The molecule has 2 N–H and O–H groups in total. The lowest BCUT2D eigenvalue weighted by molar-refractivity contribution is 0.0697. The van der Waals surface area contributed by atoms with Gasteiger partial charge in [0.15, 0.2) is 0 Å². The van der Waals surface area contributed by atoms with Crippen LogP contribution in [-0.4, -0.2) is 28.9 Å². The molecule has 1 aliphatic rings. The fourth-order valence-electron chi connectivity index (χ4n) is 2.03. The number of pyridine rings is 1. The Hall–Kier alpha value is -1.29. The Labute approximate surface area is 106 Å². The summed E-state index contributed by atoms with van der Waals surface area (Å²) in [6.45, 7) is 3.82. The van der Waals surface area contributed by atoms with Crippen molar-refractivity contribution in [3.63, 3.8) is 0 Å². The number of nitrogens with two attached hydrogens (primary N) is 1. The zero-order chi connectivity index (χ0) is 12.4. The Morgan fingerprint density at radius 2 is 2.12 bits per heavy atom. The summed E-state index contributed by atoms with van der Waals surface area (Å²) in [6.07, 6.45) is 2.11. The highest BCUT2D eigenvalue weighted by Gasteiger charge is 2.21. The molecular formula is C12H16ClN3O. The molecule has 92 valence electrons. The lowest BCUT2D eigenvalue weighted by Crippen LogP contribution is -2.37. The number of nitrogens with zero attached hydrogens (tertiary/aromatic N) is 2. The number of hydrogen-bond acceptors (Lipinski definition) is 3. The summed E-state index contributed by atoms with van der Waals surface area (Å²) in [5.74, 6) is 0.976. The number of hydrogen-bond donors (Lipinski definition) is 1. The molecule has 0 bridgehead atoms. The average molecular weight is 254 g/mol. The van der Waals surface area contributed by atoms with Gasteiger partial charge < -0.3 is 10.6 Å². The van der Waals surface area contributed by atoms with Gasteiger partial charge in [-0.05, 0) is 30.9 Å². The Kier molecular flexibility index (Phi) is 3.52. The first-order valence-electron chi connectivity index (χ1n) is 5.78. The van der Waals surface area contributed by atoms with Crippen LogP contribution in [0.2, 0.25) is 5.15 Å². The first kappa shape index (κ1) is 12.2. The minimum atomic E-state index is -0.00657. The maximum atomic E-state index is 12.2. The predicted molar refractivity (Wildman–Crippen MR) is 68.0 cm³/mol. The number of carbonyl (C=O) groups is 1. The minimum Gasteiger partial charge on any atom is -0.384 e. The average Bonchev–Trinajstić information content (AvgIpc) is 2.28. The normalized spacial score (nSPS) is 17.2. The van der Waals surface area contributed by atoms with Gasteiger partial charge in [0.1, 0.15) is 11.0 Å². The van der Waals surface area contributed by atoms with E-state index in [1.165, 1.54) is 0 Å². The molecule has 2 heterocycles. The Morgan fingerprint density at radius 1 is 1.47 bits per heavy atom. The highest BCUT2D eigenvalue weighted by atomic mass is 35.5. The number of carbonyl (C=O) groups excluding carboxylic acids is 1. The maximum absolute atomic E-state index is 12.2. The van der Waals surface area contributed by atoms with E-state index in [4.69, 9.17) is 17.3 Å². The molecule has 1 aliphatic heterocycles. The Morgan fingerprint density at radius 3 is 2.71 bits per heavy atom. The topological polar surface area (TPSA) is 59.2 Å². The van der Waals surface area contributed by atoms with Crippen LogP contribution in [0.25, 0.3) is 0 Å². The molecule has 0 atom stereocenters. The summed E-state index contributed by atoms with van der Waals surface area (Å²) in [5.41, 5.74) is 6.11. The van der Waals surface area contributed by atoms with Gasteiger partial charge in [-0.25, -0.2) is 4.98 Å². The molecule has 0 saturated carbocycles. The zero-order valence-corrected chi connectivity index (χ0v) is 10.6. The fraction of sp³-hybridized carbons (Fsp3) is 0.500. The van der Waals surface area contributed by atoms with Crippen LogP contribution in [0.5, 0.6) is 0 Å². The van der Waals surface area contributed by atoms with Gasteiger partial charge in [0.05, 0.1) is 0 Å². The number of rotatable bonds is 1. The second-order valence-corrected chi connectivity index (χ2v) is 4.97. The standard InChI is InChI=1S/C12H16ClN3O/c1-8-2-4-16(5-3-8)12(17)9-6-10(13)15-11(14)7-9/h6-8H,2-5H2,1H3,(H2,14,15). The molecule has 1 fully saturated rings. The van der Waals surface area contributed by atoms with Crippen molar-refractivity contribution >= 4 is 23.3 Å². The van der Waals surface area contributed by atoms with Crippen molar-refractivity contribution in [2.24, 2.45) is 5.92 Å². The van der Waals surface area contributed by atoms with E-state index in [1.807, 2.05) is 4.90 Å². The maximum Gasteiger partial charge on any atom is 0.254 e. The van der Waals surface area contributed by atoms with Crippen LogP contribution in [0.1, 0.15) is 30.1 Å². The van der Waals surface area contributed by atoms with Crippen LogP contribution in [0, 0.1) is 5.92 Å². The molecule has 1 saturated heterocycles. The number of piperidine rings is 1. The van der Waals surface area contributed by atoms with Gasteiger partial charge in [-0.2, -0.15) is 0 Å². The van der Waals surface area contributed by atoms with Gasteiger partial charge in [-0.3, -0.25) is 4.79 Å². The molecule has 2 rings (SSSR count). The molecule has 4 nitrogen and oxygen atoms in total. The first-order chi connectivity index (χ1) is 8.06. The molecule has 0 aromatic carbocycles. The van der Waals surface area contributed by atoms with E-state index in [1.54, 1.807) is 12.1 Å². The van der Waals surface area contributed by atoms with E-state index < -0.39 is 0 Å². The Balaban J connectivity index is 2.14. The molecule has 1 aromatic heterocycles. The summed E-state index contributed by atoms with van der Waals surface area (Å²) in [6, 6.07) is 3.14. The molecule has 1 aromatic rings. The highest BCUT2D eigenvalue weighted by Crippen LogP contribution is 2.20. The molecule has 17 heavy (non-hydrogen) atoms. The summed E-state index contributed by atoms with van der Waals surface area (Å²) < 4.78 is 0. The van der Waals surface area contributed by atoms with Crippen molar-refractivity contribution < 1.29 is 4.79 Å². The molecule has 1 amide bonds. The predicted octanol–water partition coefficient (Wildman–Crippen LogP) is 2.19. The molecule has 0 aliphatic carbocycles. The minimum absolute atomic E-state index is 0.00657. The summed E-state index contributed by atoms with van der Waals surface area (Å²) >= 11 is 5.79. The summed E-state index contributed by atoms with van der Waals surface area (Å²) in [7, 11) is 0. The van der Waals surface area contributed by atoms with Gasteiger partial charge in [0, 0.05) is 18.7 Å². The second-order valence-electron chi connectivity index (χ2n) is 4.58. The number of amides is 1. The van der Waals surface area contributed by atoms with Crippen LogP contribution < -0.4 is 5.73 Å². The van der Waals surface area contributed by atoms with Gasteiger partial charge in [0.2, 0.25) is 0 Å². The van der Waals surface area contributed by atoms with E-state index in [0.717, 1.165) is 25.9 Å². The van der Waals surface area contributed by atoms with Gasteiger partial charge >= 0.3 is 0 Å². The lowest BCUT2D eigenvalue weighted by atomic mass is 9.99. The molecule has 5 heteroatoms. The molecule has 0 spiro atoms. The molecule has 0 radical (unpaired) electrons. The zero-order valence-electron chi connectivity index (χ0n) is 9.82. The largest absolute Gasteiger partial charge is 0.384 e. The van der Waals surface area contributed by atoms with Crippen LogP contribution in [0.15, 0.2) is 12.1 Å². The fourth-order valence-corrected chi connectivity index (χ4v) is 2.25. The van der Waals surface area contributed by atoms with Crippen LogP contribution in [-0.2, 0) is 0 Å². The second kappa shape index (κ2) is 4.92. The van der Waals surface area contributed by atoms with E-state index in [-0.39, 0.29) is 16.9 Å². The Bertz CT molecular complexity index is 408. The molecule has 0 unspecified atom stereocenters. The number of likely N-dealkylation sites (tertiary alicyclic amines) is 1. The smallest absolute Gasteiger partial charge is 0.254 e. The first-order valence-corrected chi connectivity index (χ1v) is 6.16.